The molecule has 62 valence electrons. The summed E-state index contributed by atoms with van der Waals surface area (Å²) in [4.78, 5) is 11.1. The highest BCUT2D eigenvalue weighted by atomic mass is 16.5. The Labute approximate surface area is 66.1 Å². The average molecular weight is 155 g/mol. The molecule has 3 atom stereocenters. The van der Waals surface area contributed by atoms with Crippen molar-refractivity contribution in [1.82, 2.24) is 5.32 Å². The van der Waals surface area contributed by atoms with Crippen LogP contribution in [0.25, 0.3) is 0 Å². The first-order valence-electron chi connectivity index (χ1n) is 4.14. The molecule has 1 saturated heterocycles. The summed E-state index contributed by atoms with van der Waals surface area (Å²) in [5.74, 6) is 1.23. The molecule has 3 heteroatoms. The van der Waals surface area contributed by atoms with Crippen molar-refractivity contribution in [2.75, 3.05) is 13.7 Å². The molecule has 0 radical (unpaired) electrons. The van der Waals surface area contributed by atoms with E-state index >= 15 is 0 Å². The molecule has 2 aliphatic rings. The van der Waals surface area contributed by atoms with Gasteiger partial charge in [-0.3, -0.25) is 4.79 Å². The minimum atomic E-state index is -0.0859. The van der Waals surface area contributed by atoms with E-state index in [-0.39, 0.29) is 12.0 Å². The quantitative estimate of drug-likeness (QED) is 0.548. The molecule has 0 aromatic carbocycles. The average Bonchev–Trinajstić information content (AvgIpc) is 2.25. The van der Waals surface area contributed by atoms with E-state index in [9.17, 15) is 4.79 Å². The maximum absolute atomic E-state index is 11.1. The van der Waals surface area contributed by atoms with Crippen molar-refractivity contribution in [3.8, 4) is 0 Å². The Hall–Kier alpha value is -0.570. The molecule has 11 heavy (non-hydrogen) atoms. The lowest BCUT2D eigenvalue weighted by Crippen LogP contribution is -2.39. The highest BCUT2D eigenvalue weighted by Gasteiger charge is 2.45. The Morgan fingerprint density at radius 1 is 1.55 bits per heavy atom. The molecule has 0 aromatic heterocycles. The van der Waals surface area contributed by atoms with Crippen molar-refractivity contribution in [3.63, 3.8) is 0 Å². The van der Waals surface area contributed by atoms with Crippen LogP contribution in [-0.4, -0.2) is 25.7 Å². The van der Waals surface area contributed by atoms with Gasteiger partial charge in [0, 0.05) is 0 Å². The third-order valence-corrected chi connectivity index (χ3v) is 2.96. The predicted molar refractivity (Wildman–Crippen MR) is 40.0 cm³/mol. The fraction of sp³-hybridized carbons (Fsp3) is 0.875. The molecule has 1 heterocycles. The Balaban J connectivity index is 2.00. The lowest BCUT2D eigenvalue weighted by atomic mass is 9.73. The van der Waals surface area contributed by atoms with Gasteiger partial charge in [0.1, 0.15) is 6.04 Å². The molecular formula is C8H13NO2. The summed E-state index contributed by atoms with van der Waals surface area (Å²) >= 11 is 0. The zero-order chi connectivity index (χ0) is 7.84. The summed E-state index contributed by atoms with van der Waals surface area (Å²) in [6.07, 6.45) is 2.47. The molecule has 0 unspecified atom stereocenters. The van der Waals surface area contributed by atoms with E-state index in [1.165, 1.54) is 20.0 Å². The van der Waals surface area contributed by atoms with Crippen molar-refractivity contribution < 1.29 is 9.53 Å². The second-order valence-corrected chi connectivity index (χ2v) is 3.41. The summed E-state index contributed by atoms with van der Waals surface area (Å²) in [6, 6.07) is -0.00116. The number of ether oxygens (including phenoxy) is 1. The van der Waals surface area contributed by atoms with E-state index in [1.54, 1.807) is 0 Å². The summed E-state index contributed by atoms with van der Waals surface area (Å²) in [7, 11) is 1.45. The third kappa shape index (κ3) is 0.948. The van der Waals surface area contributed by atoms with Crippen LogP contribution in [0.1, 0.15) is 12.8 Å². The third-order valence-electron chi connectivity index (χ3n) is 2.96. The van der Waals surface area contributed by atoms with Gasteiger partial charge in [-0.1, -0.05) is 0 Å². The van der Waals surface area contributed by atoms with Crippen molar-refractivity contribution in [1.29, 1.82) is 0 Å². The zero-order valence-electron chi connectivity index (χ0n) is 6.67. The van der Waals surface area contributed by atoms with Crippen LogP contribution in [0.2, 0.25) is 0 Å². The number of carbonyl (C=O) groups excluding carboxylic acids is 1. The summed E-state index contributed by atoms with van der Waals surface area (Å²) in [5, 5.41) is 3.19. The zero-order valence-corrected chi connectivity index (χ0v) is 6.67. The van der Waals surface area contributed by atoms with E-state index in [4.69, 9.17) is 0 Å². The largest absolute Gasteiger partial charge is 0.468 e. The van der Waals surface area contributed by atoms with E-state index < -0.39 is 0 Å². The molecule has 1 aliphatic heterocycles. The van der Waals surface area contributed by atoms with Gasteiger partial charge in [0.05, 0.1) is 7.11 Å². The number of nitrogens with one attached hydrogen (secondary N) is 1. The monoisotopic (exact) mass is 155 g/mol. The lowest BCUT2D eigenvalue weighted by molar-refractivity contribution is -0.144. The SMILES string of the molecule is COC(=O)[C@H]1NC[C@@H]2CC[C@@H]21. The van der Waals surface area contributed by atoms with Crippen LogP contribution < -0.4 is 5.32 Å². The molecule has 2 fully saturated rings. The van der Waals surface area contributed by atoms with E-state index in [0.717, 1.165) is 12.5 Å². The lowest BCUT2D eigenvalue weighted by Gasteiger charge is -2.31. The van der Waals surface area contributed by atoms with Crippen LogP contribution in [0.5, 0.6) is 0 Å². The van der Waals surface area contributed by atoms with Crippen LogP contribution in [0, 0.1) is 11.8 Å². The second-order valence-electron chi connectivity index (χ2n) is 3.41. The molecular weight excluding hydrogens is 142 g/mol. The number of fused-ring (bicyclic) bond motifs is 1. The van der Waals surface area contributed by atoms with Crippen molar-refractivity contribution >= 4 is 5.97 Å². The molecule has 0 aromatic rings. The first kappa shape index (κ1) is 7.10. The Morgan fingerprint density at radius 3 is 2.82 bits per heavy atom. The van der Waals surface area contributed by atoms with Crippen LogP contribution in [0.4, 0.5) is 0 Å². The number of rotatable bonds is 1. The normalized spacial score (nSPS) is 41.0. The van der Waals surface area contributed by atoms with Crippen LogP contribution in [-0.2, 0) is 9.53 Å². The molecule has 2 rings (SSSR count). The number of hydrogen-bond donors (Lipinski definition) is 1. The summed E-state index contributed by atoms with van der Waals surface area (Å²) < 4.78 is 4.69. The fourth-order valence-electron chi connectivity index (χ4n) is 2.10. The first-order valence-corrected chi connectivity index (χ1v) is 4.14. The van der Waals surface area contributed by atoms with Gasteiger partial charge in [-0.2, -0.15) is 0 Å². The number of hydrogen-bond acceptors (Lipinski definition) is 3. The van der Waals surface area contributed by atoms with Gasteiger partial charge >= 0.3 is 5.97 Å². The molecule has 3 nitrogen and oxygen atoms in total. The van der Waals surface area contributed by atoms with Crippen LogP contribution in [0.15, 0.2) is 0 Å². The van der Waals surface area contributed by atoms with E-state index in [1.807, 2.05) is 0 Å². The van der Waals surface area contributed by atoms with Crippen molar-refractivity contribution in [3.05, 3.63) is 0 Å². The Bertz CT molecular complexity index is 181. The minimum Gasteiger partial charge on any atom is -0.468 e. The predicted octanol–water partition coefficient (Wildman–Crippen LogP) is 0.157. The number of esters is 1. The molecule has 1 aliphatic carbocycles. The van der Waals surface area contributed by atoms with E-state index in [2.05, 4.69) is 10.1 Å². The highest BCUT2D eigenvalue weighted by Crippen LogP contribution is 2.40. The van der Waals surface area contributed by atoms with Gasteiger partial charge in [-0.25, -0.2) is 0 Å². The highest BCUT2D eigenvalue weighted by molar-refractivity contribution is 5.76. The Kier molecular flexibility index (Phi) is 1.60. The minimum absolute atomic E-state index is 0.00116. The van der Waals surface area contributed by atoms with Gasteiger partial charge in [-0.05, 0) is 31.2 Å². The van der Waals surface area contributed by atoms with Crippen LogP contribution >= 0.6 is 0 Å². The van der Waals surface area contributed by atoms with Crippen molar-refractivity contribution in [2.45, 2.75) is 18.9 Å². The number of carbonyl (C=O) groups is 1. The summed E-state index contributed by atoms with van der Waals surface area (Å²) in [6.45, 7) is 1.00. The smallest absolute Gasteiger partial charge is 0.323 e. The molecule has 0 spiro atoms. The molecule has 0 amide bonds. The fourth-order valence-corrected chi connectivity index (χ4v) is 2.10. The topological polar surface area (TPSA) is 38.3 Å². The standard InChI is InChI=1S/C8H13NO2/c1-11-8(10)7-6-3-2-5(6)4-9-7/h5-7,9H,2-4H2,1H3/t5-,6-,7-/m0/s1. The van der Waals surface area contributed by atoms with Crippen LogP contribution in [0.3, 0.4) is 0 Å². The molecule has 1 N–H and O–H groups in total. The van der Waals surface area contributed by atoms with E-state index in [0.29, 0.717) is 5.92 Å². The van der Waals surface area contributed by atoms with Gasteiger partial charge in [-0.15, -0.1) is 0 Å². The maximum atomic E-state index is 11.1. The van der Waals surface area contributed by atoms with Crippen molar-refractivity contribution in [2.24, 2.45) is 11.8 Å². The van der Waals surface area contributed by atoms with Gasteiger partial charge in [0.25, 0.3) is 0 Å². The first-order chi connectivity index (χ1) is 5.33. The molecule has 0 bridgehead atoms. The second kappa shape index (κ2) is 2.48. The summed E-state index contributed by atoms with van der Waals surface area (Å²) in [5.41, 5.74) is 0. The van der Waals surface area contributed by atoms with Gasteiger partial charge in [0.2, 0.25) is 0 Å². The van der Waals surface area contributed by atoms with Gasteiger partial charge in [0.15, 0.2) is 0 Å². The number of methoxy groups -OCH3 is 1. The molecule has 1 saturated carbocycles. The van der Waals surface area contributed by atoms with Gasteiger partial charge < -0.3 is 10.1 Å². The maximum Gasteiger partial charge on any atom is 0.323 e. The Morgan fingerprint density at radius 2 is 2.36 bits per heavy atom.